The Bertz CT molecular complexity index is 896. The Morgan fingerprint density at radius 2 is 1.80 bits per heavy atom. The van der Waals surface area contributed by atoms with E-state index in [1.165, 1.54) is 17.7 Å². The van der Waals surface area contributed by atoms with Crippen LogP contribution >= 0.6 is 0 Å². The first-order valence-corrected chi connectivity index (χ1v) is 7.82. The summed E-state index contributed by atoms with van der Waals surface area (Å²) < 4.78 is 5.21. The summed E-state index contributed by atoms with van der Waals surface area (Å²) in [6, 6.07) is 13.8. The third-order valence-corrected chi connectivity index (χ3v) is 3.87. The number of esters is 1. The molecule has 126 valence electrons. The first-order valence-electron chi connectivity index (χ1n) is 7.82. The molecule has 0 fully saturated rings. The van der Waals surface area contributed by atoms with Crippen molar-refractivity contribution in [2.24, 2.45) is 4.99 Å². The molecular formula is C19H16N2O4. The Morgan fingerprint density at radius 3 is 2.44 bits per heavy atom. The molecule has 0 bridgehead atoms. The van der Waals surface area contributed by atoms with E-state index >= 15 is 0 Å². The lowest BCUT2D eigenvalue weighted by Gasteiger charge is -2.05. The average molecular weight is 336 g/mol. The van der Waals surface area contributed by atoms with Gasteiger partial charge in [-0.05, 0) is 35.8 Å². The number of para-hydroxylation sites is 1. The molecule has 1 aliphatic heterocycles. The van der Waals surface area contributed by atoms with Crippen molar-refractivity contribution in [3.8, 4) is 0 Å². The zero-order chi connectivity index (χ0) is 18.0. The Balaban J connectivity index is 1.94. The van der Waals surface area contributed by atoms with Gasteiger partial charge in [0.25, 0.3) is 5.69 Å². The maximum absolute atomic E-state index is 12.0. The van der Waals surface area contributed by atoms with Crippen molar-refractivity contribution in [1.82, 2.24) is 0 Å². The number of hydrogen-bond acceptors (Lipinski definition) is 5. The van der Waals surface area contributed by atoms with Crippen LogP contribution < -0.4 is 0 Å². The number of benzene rings is 2. The predicted molar refractivity (Wildman–Crippen MR) is 94.2 cm³/mol. The van der Waals surface area contributed by atoms with Gasteiger partial charge in [0, 0.05) is 11.6 Å². The van der Waals surface area contributed by atoms with Gasteiger partial charge >= 0.3 is 5.97 Å². The number of carbonyl (C=O) groups excluding carboxylic acids is 1. The Morgan fingerprint density at radius 1 is 1.12 bits per heavy atom. The van der Waals surface area contributed by atoms with Crippen LogP contribution in [0.25, 0.3) is 6.08 Å². The standard InChI is InChI=1S/C19H16N2O4/c1-12(2)13-7-9-14(10-8-13)18-20-16(19(22)25-18)11-15-5-3-4-6-17(15)21(23)24/h3-12H,1-2H3/b16-11-. The quantitative estimate of drug-likeness (QED) is 0.365. The number of cyclic esters (lactones) is 1. The van der Waals surface area contributed by atoms with Crippen LogP contribution in [0.15, 0.2) is 59.2 Å². The van der Waals surface area contributed by atoms with Crippen LogP contribution in [0.1, 0.15) is 36.5 Å². The third-order valence-electron chi connectivity index (χ3n) is 3.87. The van der Waals surface area contributed by atoms with E-state index in [1.807, 2.05) is 24.3 Å². The van der Waals surface area contributed by atoms with Crippen LogP contribution in [-0.4, -0.2) is 16.8 Å². The summed E-state index contributed by atoms with van der Waals surface area (Å²) in [6.45, 7) is 4.19. The molecule has 0 N–H and O–H groups in total. The number of aliphatic imine (C=N–C) groups is 1. The van der Waals surface area contributed by atoms with E-state index in [0.717, 1.165) is 0 Å². The van der Waals surface area contributed by atoms with Crippen LogP contribution in [0, 0.1) is 10.1 Å². The van der Waals surface area contributed by atoms with Gasteiger partial charge < -0.3 is 4.74 Å². The molecule has 2 aromatic carbocycles. The molecule has 0 aromatic heterocycles. The second-order valence-electron chi connectivity index (χ2n) is 5.93. The van der Waals surface area contributed by atoms with Crippen molar-refractivity contribution in [3.63, 3.8) is 0 Å². The molecule has 6 heteroatoms. The SMILES string of the molecule is CC(C)c1ccc(C2=N/C(=C\c3ccccc3[N+](=O)[O-])C(=O)O2)cc1. The number of nitro benzene ring substituents is 1. The lowest BCUT2D eigenvalue weighted by atomic mass is 10.0. The van der Waals surface area contributed by atoms with E-state index in [2.05, 4.69) is 18.8 Å². The number of rotatable bonds is 4. The molecule has 0 unspecified atom stereocenters. The number of ether oxygens (including phenoxy) is 1. The molecule has 1 heterocycles. The normalized spacial score (nSPS) is 15.4. The monoisotopic (exact) mass is 336 g/mol. The number of nitro groups is 1. The molecule has 25 heavy (non-hydrogen) atoms. The van der Waals surface area contributed by atoms with Crippen LogP contribution in [0.3, 0.4) is 0 Å². The fourth-order valence-electron chi connectivity index (χ4n) is 2.47. The Hall–Kier alpha value is -3.28. The highest BCUT2D eigenvalue weighted by Crippen LogP contribution is 2.25. The highest BCUT2D eigenvalue weighted by Gasteiger charge is 2.25. The molecule has 0 saturated heterocycles. The molecule has 0 amide bonds. The molecule has 0 atom stereocenters. The zero-order valence-corrected chi connectivity index (χ0v) is 13.8. The minimum absolute atomic E-state index is 0.0391. The van der Waals surface area contributed by atoms with Gasteiger partial charge in [0.2, 0.25) is 5.90 Å². The summed E-state index contributed by atoms with van der Waals surface area (Å²) in [5.74, 6) is -0.0255. The fourth-order valence-corrected chi connectivity index (χ4v) is 2.47. The fraction of sp³-hybridized carbons (Fsp3) is 0.158. The highest BCUT2D eigenvalue weighted by atomic mass is 16.6. The highest BCUT2D eigenvalue weighted by molar-refractivity contribution is 6.13. The average Bonchev–Trinajstić information content (AvgIpc) is 2.96. The second-order valence-corrected chi connectivity index (χ2v) is 5.93. The molecule has 2 aromatic rings. The number of carbonyl (C=O) groups is 1. The van der Waals surface area contributed by atoms with Crippen LogP contribution in [0.2, 0.25) is 0 Å². The maximum Gasteiger partial charge on any atom is 0.363 e. The van der Waals surface area contributed by atoms with Gasteiger partial charge in [-0.1, -0.05) is 38.1 Å². The first-order chi connectivity index (χ1) is 12.0. The molecular weight excluding hydrogens is 320 g/mol. The molecule has 1 aliphatic rings. The lowest BCUT2D eigenvalue weighted by Crippen LogP contribution is -2.05. The van der Waals surface area contributed by atoms with E-state index in [-0.39, 0.29) is 17.3 Å². The number of nitrogens with zero attached hydrogens (tertiary/aromatic N) is 2. The van der Waals surface area contributed by atoms with Crippen molar-refractivity contribution < 1.29 is 14.5 Å². The van der Waals surface area contributed by atoms with E-state index in [1.54, 1.807) is 18.2 Å². The predicted octanol–water partition coefficient (Wildman–Crippen LogP) is 4.06. The summed E-state index contributed by atoms with van der Waals surface area (Å²) in [5.41, 5.74) is 2.11. The third kappa shape index (κ3) is 3.47. The maximum atomic E-state index is 12.0. The van der Waals surface area contributed by atoms with Gasteiger partial charge in [-0.15, -0.1) is 0 Å². The molecule has 0 spiro atoms. The Kier molecular flexibility index (Phi) is 4.43. The van der Waals surface area contributed by atoms with Gasteiger partial charge in [0.05, 0.1) is 10.5 Å². The van der Waals surface area contributed by atoms with Crippen molar-refractivity contribution >= 4 is 23.6 Å². The van der Waals surface area contributed by atoms with Gasteiger partial charge in [-0.25, -0.2) is 9.79 Å². The van der Waals surface area contributed by atoms with Crippen LogP contribution in [0.5, 0.6) is 0 Å². The molecule has 0 radical (unpaired) electrons. The van der Waals surface area contributed by atoms with E-state index < -0.39 is 10.9 Å². The summed E-state index contributed by atoms with van der Waals surface area (Å²) in [4.78, 5) is 26.8. The van der Waals surface area contributed by atoms with Gasteiger partial charge in [0.15, 0.2) is 5.70 Å². The summed E-state index contributed by atoms with van der Waals surface area (Å²) in [6.07, 6.45) is 1.37. The van der Waals surface area contributed by atoms with Crippen molar-refractivity contribution in [2.75, 3.05) is 0 Å². The minimum atomic E-state index is -0.624. The van der Waals surface area contributed by atoms with Crippen LogP contribution in [0.4, 0.5) is 5.69 Å². The molecule has 3 rings (SSSR count). The van der Waals surface area contributed by atoms with E-state index in [0.29, 0.717) is 17.0 Å². The molecule has 6 nitrogen and oxygen atoms in total. The number of hydrogen-bond donors (Lipinski definition) is 0. The molecule has 0 aliphatic carbocycles. The Labute approximate surface area is 144 Å². The van der Waals surface area contributed by atoms with Gasteiger partial charge in [0.1, 0.15) is 0 Å². The summed E-state index contributed by atoms with van der Waals surface area (Å²) in [5, 5.41) is 11.1. The smallest absolute Gasteiger partial charge is 0.363 e. The topological polar surface area (TPSA) is 81.8 Å². The lowest BCUT2D eigenvalue weighted by molar-refractivity contribution is -0.385. The van der Waals surface area contributed by atoms with Crippen molar-refractivity contribution in [2.45, 2.75) is 19.8 Å². The minimum Gasteiger partial charge on any atom is -0.402 e. The molecule has 0 saturated carbocycles. The van der Waals surface area contributed by atoms with Crippen LogP contribution in [-0.2, 0) is 9.53 Å². The summed E-state index contributed by atoms with van der Waals surface area (Å²) >= 11 is 0. The summed E-state index contributed by atoms with van der Waals surface area (Å²) in [7, 11) is 0. The van der Waals surface area contributed by atoms with Crippen molar-refractivity contribution in [1.29, 1.82) is 0 Å². The largest absolute Gasteiger partial charge is 0.402 e. The zero-order valence-electron chi connectivity index (χ0n) is 13.8. The van der Waals surface area contributed by atoms with E-state index in [9.17, 15) is 14.9 Å². The van der Waals surface area contributed by atoms with Crippen molar-refractivity contribution in [3.05, 3.63) is 81.0 Å². The first kappa shape index (κ1) is 16.6. The van der Waals surface area contributed by atoms with Gasteiger partial charge in [-0.3, -0.25) is 10.1 Å². The second kappa shape index (κ2) is 6.68. The van der Waals surface area contributed by atoms with E-state index in [4.69, 9.17) is 4.74 Å². The van der Waals surface area contributed by atoms with Gasteiger partial charge in [-0.2, -0.15) is 0 Å².